The summed E-state index contributed by atoms with van der Waals surface area (Å²) < 4.78 is 6.04. The Kier molecular flexibility index (Phi) is 10.1. The second-order valence-electron chi connectivity index (χ2n) is 10.6. The van der Waals surface area contributed by atoms with Crippen LogP contribution in [0.3, 0.4) is 0 Å². The molecule has 3 rings (SSSR count). The third-order valence-electron chi connectivity index (χ3n) is 6.74. The molecule has 0 radical (unpaired) electrons. The summed E-state index contributed by atoms with van der Waals surface area (Å²) in [6.07, 6.45) is 5.87. The SMILES string of the molecule is CC[C@H](C(=O)NC1CCCCC1)N(Cc1ccc(Cl)cc1Cl)C(=O)COc1ccccc1C(C)(C)C. The molecule has 0 unspecified atom stereocenters. The molecule has 5 nitrogen and oxygen atoms in total. The summed E-state index contributed by atoms with van der Waals surface area (Å²) in [6, 6.07) is 12.5. The Morgan fingerprint density at radius 1 is 1.08 bits per heavy atom. The zero-order valence-corrected chi connectivity index (χ0v) is 23.3. The largest absolute Gasteiger partial charge is 0.483 e. The lowest BCUT2D eigenvalue weighted by Crippen LogP contribution is -2.52. The van der Waals surface area contributed by atoms with Crippen molar-refractivity contribution in [2.45, 2.75) is 90.3 Å². The van der Waals surface area contributed by atoms with Crippen molar-refractivity contribution < 1.29 is 14.3 Å². The quantitative estimate of drug-likeness (QED) is 0.381. The molecule has 1 aliphatic carbocycles. The number of benzene rings is 2. The summed E-state index contributed by atoms with van der Waals surface area (Å²) in [7, 11) is 0. The van der Waals surface area contributed by atoms with Crippen molar-refractivity contribution in [3.05, 3.63) is 63.6 Å². The van der Waals surface area contributed by atoms with Crippen LogP contribution in [-0.2, 0) is 21.5 Å². The van der Waals surface area contributed by atoms with E-state index < -0.39 is 6.04 Å². The van der Waals surface area contributed by atoms with E-state index in [9.17, 15) is 9.59 Å². The molecule has 2 amide bonds. The summed E-state index contributed by atoms with van der Waals surface area (Å²) in [5, 5.41) is 4.17. The zero-order chi connectivity index (χ0) is 26.3. The first-order chi connectivity index (χ1) is 17.1. The van der Waals surface area contributed by atoms with Gasteiger partial charge in [0, 0.05) is 22.6 Å². The molecule has 2 aromatic carbocycles. The van der Waals surface area contributed by atoms with Gasteiger partial charge in [-0.1, -0.05) is 94.4 Å². The van der Waals surface area contributed by atoms with Gasteiger partial charge in [-0.2, -0.15) is 0 Å². The highest BCUT2D eigenvalue weighted by Crippen LogP contribution is 2.31. The van der Waals surface area contributed by atoms with E-state index in [0.29, 0.717) is 22.2 Å². The second kappa shape index (κ2) is 12.8. The molecule has 36 heavy (non-hydrogen) atoms. The van der Waals surface area contributed by atoms with Crippen molar-refractivity contribution in [1.82, 2.24) is 10.2 Å². The minimum absolute atomic E-state index is 0.127. The Morgan fingerprint density at radius 3 is 2.42 bits per heavy atom. The van der Waals surface area contributed by atoms with Crippen LogP contribution in [0.25, 0.3) is 0 Å². The Labute approximate surface area is 225 Å². The fourth-order valence-corrected chi connectivity index (χ4v) is 5.20. The van der Waals surface area contributed by atoms with E-state index in [4.69, 9.17) is 27.9 Å². The van der Waals surface area contributed by atoms with Crippen LogP contribution >= 0.6 is 23.2 Å². The molecule has 1 aliphatic rings. The van der Waals surface area contributed by atoms with Crippen molar-refractivity contribution in [1.29, 1.82) is 0 Å². The number of hydrogen-bond acceptors (Lipinski definition) is 3. The molecule has 7 heteroatoms. The first-order valence-corrected chi connectivity index (χ1v) is 13.6. The topological polar surface area (TPSA) is 58.6 Å². The minimum atomic E-state index is -0.632. The normalized spacial score (nSPS) is 15.3. The van der Waals surface area contributed by atoms with Gasteiger partial charge in [0.25, 0.3) is 5.91 Å². The molecule has 0 aliphatic heterocycles. The van der Waals surface area contributed by atoms with Crippen LogP contribution in [0, 0.1) is 0 Å². The summed E-state index contributed by atoms with van der Waals surface area (Å²) >= 11 is 12.5. The number of para-hydroxylation sites is 1. The Morgan fingerprint density at radius 2 is 1.78 bits per heavy atom. The average molecular weight is 534 g/mol. The summed E-state index contributed by atoms with van der Waals surface area (Å²) in [5.74, 6) is 0.274. The van der Waals surface area contributed by atoms with Crippen LogP contribution in [-0.4, -0.2) is 35.4 Å². The molecule has 1 saturated carbocycles. The van der Waals surface area contributed by atoms with Gasteiger partial charge in [0.15, 0.2) is 6.61 Å². The predicted octanol–water partition coefficient (Wildman–Crippen LogP) is 6.93. The Balaban J connectivity index is 1.83. The highest BCUT2D eigenvalue weighted by Gasteiger charge is 2.31. The van der Waals surface area contributed by atoms with E-state index in [1.54, 1.807) is 23.1 Å². The molecule has 1 fully saturated rings. The van der Waals surface area contributed by atoms with E-state index in [0.717, 1.165) is 36.8 Å². The van der Waals surface area contributed by atoms with E-state index in [1.165, 1.54) is 6.42 Å². The summed E-state index contributed by atoms with van der Waals surface area (Å²) in [4.78, 5) is 28.6. The van der Waals surface area contributed by atoms with Crippen molar-refractivity contribution in [3.63, 3.8) is 0 Å². The van der Waals surface area contributed by atoms with Gasteiger partial charge >= 0.3 is 0 Å². The number of ether oxygens (including phenoxy) is 1. The van der Waals surface area contributed by atoms with E-state index >= 15 is 0 Å². The molecular formula is C29H38Cl2N2O3. The van der Waals surface area contributed by atoms with Gasteiger partial charge in [0.2, 0.25) is 5.91 Å². The van der Waals surface area contributed by atoms with E-state index in [2.05, 4.69) is 26.1 Å². The molecule has 0 heterocycles. The predicted molar refractivity (Wildman–Crippen MR) is 147 cm³/mol. The number of nitrogens with zero attached hydrogens (tertiary/aromatic N) is 1. The fourth-order valence-electron chi connectivity index (χ4n) is 4.73. The van der Waals surface area contributed by atoms with Crippen LogP contribution in [0.15, 0.2) is 42.5 Å². The molecular weight excluding hydrogens is 495 g/mol. The lowest BCUT2D eigenvalue weighted by atomic mass is 9.86. The van der Waals surface area contributed by atoms with Gasteiger partial charge in [0.05, 0.1) is 0 Å². The van der Waals surface area contributed by atoms with Gasteiger partial charge in [-0.15, -0.1) is 0 Å². The number of nitrogens with one attached hydrogen (secondary N) is 1. The second-order valence-corrected chi connectivity index (χ2v) is 11.4. The van der Waals surface area contributed by atoms with Crippen molar-refractivity contribution in [2.75, 3.05) is 6.61 Å². The maximum Gasteiger partial charge on any atom is 0.261 e. The third-order valence-corrected chi connectivity index (χ3v) is 7.33. The van der Waals surface area contributed by atoms with E-state index in [-0.39, 0.29) is 36.4 Å². The number of amides is 2. The minimum Gasteiger partial charge on any atom is -0.483 e. The van der Waals surface area contributed by atoms with Crippen LogP contribution in [0.1, 0.15) is 77.3 Å². The standard InChI is InChI=1S/C29H38Cl2N2O3/c1-5-25(28(35)32-22-11-7-6-8-12-22)33(18-20-15-16-21(30)17-24(20)31)27(34)19-36-26-14-10-9-13-23(26)29(2,3)4/h9-10,13-17,22,25H,5-8,11-12,18-19H2,1-4H3,(H,32,35)/t25-/m1/s1. The molecule has 0 bridgehead atoms. The fraction of sp³-hybridized carbons (Fsp3) is 0.517. The van der Waals surface area contributed by atoms with Crippen LogP contribution < -0.4 is 10.1 Å². The van der Waals surface area contributed by atoms with Crippen molar-refractivity contribution >= 4 is 35.0 Å². The summed E-state index contributed by atoms with van der Waals surface area (Å²) in [6.45, 7) is 8.25. The highest BCUT2D eigenvalue weighted by atomic mass is 35.5. The average Bonchev–Trinajstić information content (AvgIpc) is 2.84. The maximum absolute atomic E-state index is 13.6. The van der Waals surface area contributed by atoms with Crippen LogP contribution in [0.5, 0.6) is 5.75 Å². The molecule has 0 saturated heterocycles. The monoisotopic (exact) mass is 532 g/mol. The van der Waals surface area contributed by atoms with Crippen molar-refractivity contribution in [2.24, 2.45) is 0 Å². The molecule has 1 N–H and O–H groups in total. The first kappa shape index (κ1) is 28.3. The number of carbonyl (C=O) groups is 2. The molecule has 2 aromatic rings. The lowest BCUT2D eigenvalue weighted by molar-refractivity contribution is -0.143. The highest BCUT2D eigenvalue weighted by molar-refractivity contribution is 6.35. The Bertz CT molecular complexity index is 1050. The maximum atomic E-state index is 13.6. The zero-order valence-electron chi connectivity index (χ0n) is 21.8. The van der Waals surface area contributed by atoms with Gasteiger partial charge in [-0.05, 0) is 54.0 Å². The van der Waals surface area contributed by atoms with Gasteiger partial charge in [0.1, 0.15) is 11.8 Å². The van der Waals surface area contributed by atoms with Gasteiger partial charge in [-0.25, -0.2) is 0 Å². The van der Waals surface area contributed by atoms with Crippen molar-refractivity contribution in [3.8, 4) is 5.75 Å². The number of carbonyl (C=O) groups excluding carboxylic acids is 2. The third kappa shape index (κ3) is 7.63. The molecule has 0 spiro atoms. The smallest absolute Gasteiger partial charge is 0.261 e. The lowest BCUT2D eigenvalue weighted by Gasteiger charge is -2.33. The van der Waals surface area contributed by atoms with Gasteiger partial charge in [-0.3, -0.25) is 9.59 Å². The number of hydrogen-bond donors (Lipinski definition) is 1. The first-order valence-electron chi connectivity index (χ1n) is 12.9. The molecule has 0 aromatic heterocycles. The van der Waals surface area contributed by atoms with E-state index in [1.807, 2.05) is 31.2 Å². The van der Waals surface area contributed by atoms with Crippen LogP contribution in [0.2, 0.25) is 10.0 Å². The number of rotatable bonds is 9. The number of halogens is 2. The van der Waals surface area contributed by atoms with Crippen LogP contribution in [0.4, 0.5) is 0 Å². The van der Waals surface area contributed by atoms with Gasteiger partial charge < -0.3 is 15.0 Å². The molecule has 1 atom stereocenters. The Hall–Kier alpha value is -2.24. The molecule has 196 valence electrons. The summed E-state index contributed by atoms with van der Waals surface area (Å²) in [5.41, 5.74) is 1.61.